The molecule has 3 aromatic carbocycles. The van der Waals surface area contributed by atoms with Crippen molar-refractivity contribution < 1.29 is 9.59 Å². The maximum atomic E-state index is 13.8. The van der Waals surface area contributed by atoms with Crippen LogP contribution in [0.4, 0.5) is 11.4 Å². The van der Waals surface area contributed by atoms with E-state index in [9.17, 15) is 9.59 Å². The number of nitrogens with one attached hydrogen (secondary N) is 1. The van der Waals surface area contributed by atoms with E-state index >= 15 is 0 Å². The highest BCUT2D eigenvalue weighted by Crippen LogP contribution is 2.47. The second-order valence-electron chi connectivity index (χ2n) is 9.15. The van der Waals surface area contributed by atoms with Gasteiger partial charge < -0.3 is 5.32 Å². The molecule has 4 heteroatoms. The van der Waals surface area contributed by atoms with Gasteiger partial charge in [0.05, 0.1) is 17.4 Å². The molecule has 4 nitrogen and oxygen atoms in total. The first-order chi connectivity index (χ1) is 16.0. The van der Waals surface area contributed by atoms with E-state index in [0.717, 1.165) is 29.1 Å². The molecule has 0 spiro atoms. The summed E-state index contributed by atoms with van der Waals surface area (Å²) in [5.41, 5.74) is 5.41. The zero-order valence-electron chi connectivity index (χ0n) is 19.0. The van der Waals surface area contributed by atoms with Gasteiger partial charge in [0, 0.05) is 23.6 Å². The van der Waals surface area contributed by atoms with Crippen LogP contribution in [0.3, 0.4) is 0 Å². The Balaban J connectivity index is 1.72. The molecule has 166 valence electrons. The number of Topliss-reactive ketones (excluding diaryl/α,β-unsaturated/α-hetero) is 1. The number of nitrogens with zero attached hydrogens (tertiary/aromatic N) is 1. The first-order valence-electron chi connectivity index (χ1n) is 11.6. The van der Waals surface area contributed by atoms with Gasteiger partial charge in [-0.25, -0.2) is 0 Å². The fourth-order valence-corrected chi connectivity index (χ4v) is 5.02. The van der Waals surface area contributed by atoms with E-state index in [1.165, 1.54) is 5.56 Å². The Kier molecular flexibility index (Phi) is 5.59. The van der Waals surface area contributed by atoms with Gasteiger partial charge in [-0.15, -0.1) is 0 Å². The van der Waals surface area contributed by atoms with Gasteiger partial charge in [-0.05, 0) is 35.6 Å². The molecule has 0 fully saturated rings. The van der Waals surface area contributed by atoms with Crippen LogP contribution in [0.1, 0.15) is 49.8 Å². The minimum atomic E-state index is -0.462. The third-order valence-electron chi connectivity index (χ3n) is 6.61. The fraction of sp³-hybridized carbons (Fsp3) is 0.241. The van der Waals surface area contributed by atoms with Crippen molar-refractivity contribution in [3.05, 3.63) is 107 Å². The van der Waals surface area contributed by atoms with Gasteiger partial charge in [0.25, 0.3) is 0 Å². The SMILES string of the molecule is CC(C)C(=O)N1c2ccccc2NC2=C(C(=O)C[C@H](c3ccccc3)C2)[C@@H]1c1ccccc1. The van der Waals surface area contributed by atoms with Crippen LogP contribution < -0.4 is 10.2 Å². The number of carbonyl (C=O) groups excluding carboxylic acids is 2. The van der Waals surface area contributed by atoms with Crippen LogP contribution in [0, 0.1) is 5.92 Å². The van der Waals surface area contributed by atoms with Crippen molar-refractivity contribution in [2.75, 3.05) is 10.2 Å². The molecular formula is C29H28N2O2. The lowest BCUT2D eigenvalue weighted by Gasteiger charge is -2.36. The fourth-order valence-electron chi connectivity index (χ4n) is 5.02. The lowest BCUT2D eigenvalue weighted by Crippen LogP contribution is -2.40. The monoisotopic (exact) mass is 436 g/mol. The van der Waals surface area contributed by atoms with Crippen molar-refractivity contribution >= 4 is 23.1 Å². The summed E-state index contributed by atoms with van der Waals surface area (Å²) >= 11 is 0. The first-order valence-corrected chi connectivity index (χ1v) is 11.6. The standard InChI is InChI=1S/C29H28N2O2/c1-19(2)29(33)31-25-16-10-9-15-23(25)30-24-17-22(20-11-5-3-6-12-20)18-26(32)27(24)28(31)21-13-7-4-8-14-21/h3-16,19,22,28,30H,17-18H2,1-2H3/t22-,28+/m1/s1. The van der Waals surface area contributed by atoms with Gasteiger partial charge in [-0.3, -0.25) is 14.5 Å². The molecule has 0 saturated heterocycles. The summed E-state index contributed by atoms with van der Waals surface area (Å²) < 4.78 is 0. The Morgan fingerprint density at radius 2 is 1.45 bits per heavy atom. The van der Waals surface area contributed by atoms with Crippen LogP contribution in [0.15, 0.2) is 96.2 Å². The molecule has 1 aliphatic carbocycles. The van der Waals surface area contributed by atoms with Gasteiger partial charge in [-0.1, -0.05) is 86.6 Å². The quantitative estimate of drug-likeness (QED) is 0.528. The van der Waals surface area contributed by atoms with Crippen LogP contribution in [-0.2, 0) is 9.59 Å². The number of rotatable bonds is 3. The van der Waals surface area contributed by atoms with Gasteiger partial charge in [-0.2, -0.15) is 0 Å². The number of hydrogen-bond acceptors (Lipinski definition) is 3. The Morgan fingerprint density at radius 3 is 2.12 bits per heavy atom. The maximum Gasteiger partial charge on any atom is 0.230 e. The average molecular weight is 437 g/mol. The second kappa shape index (κ2) is 8.70. The molecule has 0 unspecified atom stereocenters. The van der Waals surface area contributed by atoms with Crippen LogP contribution >= 0.6 is 0 Å². The predicted molar refractivity (Wildman–Crippen MR) is 132 cm³/mol. The topological polar surface area (TPSA) is 49.4 Å². The highest BCUT2D eigenvalue weighted by Gasteiger charge is 2.41. The molecule has 0 saturated carbocycles. The number of para-hydroxylation sites is 2. The molecule has 2 aliphatic rings. The van der Waals surface area contributed by atoms with Gasteiger partial charge in [0.2, 0.25) is 5.91 Å². The van der Waals surface area contributed by atoms with E-state index in [1.54, 1.807) is 0 Å². The van der Waals surface area contributed by atoms with Crippen LogP contribution in [-0.4, -0.2) is 11.7 Å². The smallest absolute Gasteiger partial charge is 0.230 e. The van der Waals surface area contributed by atoms with Crippen molar-refractivity contribution in [3.8, 4) is 0 Å². The predicted octanol–water partition coefficient (Wildman–Crippen LogP) is 6.24. The molecule has 1 amide bonds. The minimum absolute atomic E-state index is 0.00448. The summed E-state index contributed by atoms with van der Waals surface area (Å²) in [5.74, 6) is 0.00807. The zero-order chi connectivity index (χ0) is 22.9. The Morgan fingerprint density at radius 1 is 0.848 bits per heavy atom. The number of hydrogen-bond donors (Lipinski definition) is 1. The van der Waals surface area contributed by atoms with Gasteiger partial charge in [0.15, 0.2) is 5.78 Å². The minimum Gasteiger partial charge on any atom is -0.357 e. The average Bonchev–Trinajstić information content (AvgIpc) is 2.99. The van der Waals surface area contributed by atoms with Crippen molar-refractivity contribution in [2.45, 2.75) is 38.6 Å². The number of anilines is 2. The lowest BCUT2D eigenvalue weighted by molar-refractivity contribution is -0.121. The second-order valence-corrected chi connectivity index (χ2v) is 9.15. The number of fused-ring (bicyclic) bond motifs is 1. The summed E-state index contributed by atoms with van der Waals surface area (Å²) in [6.07, 6.45) is 1.17. The van der Waals surface area contributed by atoms with E-state index in [1.807, 2.05) is 91.5 Å². The number of benzene rings is 3. The van der Waals surface area contributed by atoms with Crippen molar-refractivity contribution in [3.63, 3.8) is 0 Å². The van der Waals surface area contributed by atoms with Gasteiger partial charge in [0.1, 0.15) is 0 Å². The maximum absolute atomic E-state index is 13.8. The lowest BCUT2D eigenvalue weighted by atomic mass is 9.78. The highest BCUT2D eigenvalue weighted by atomic mass is 16.2. The molecule has 2 atom stereocenters. The molecule has 3 aromatic rings. The largest absolute Gasteiger partial charge is 0.357 e. The molecule has 1 aliphatic heterocycles. The van der Waals surface area contributed by atoms with Crippen LogP contribution in [0.25, 0.3) is 0 Å². The number of ketones is 1. The summed E-state index contributed by atoms with van der Waals surface area (Å²) in [4.78, 5) is 29.3. The van der Waals surface area contributed by atoms with E-state index in [-0.39, 0.29) is 23.5 Å². The number of amides is 1. The summed E-state index contributed by atoms with van der Waals surface area (Å²) in [6.45, 7) is 3.82. The Bertz CT molecular complexity index is 1210. The van der Waals surface area contributed by atoms with Crippen LogP contribution in [0.5, 0.6) is 0 Å². The molecule has 33 heavy (non-hydrogen) atoms. The molecule has 0 aromatic heterocycles. The first kappa shape index (κ1) is 21.2. The number of carbonyl (C=O) groups is 2. The normalized spacial score (nSPS) is 20.1. The summed E-state index contributed by atoms with van der Waals surface area (Å²) in [7, 11) is 0. The Hall–Kier alpha value is -3.66. The molecule has 0 radical (unpaired) electrons. The summed E-state index contributed by atoms with van der Waals surface area (Å²) in [5, 5.41) is 3.58. The van der Waals surface area contributed by atoms with E-state index in [4.69, 9.17) is 0 Å². The van der Waals surface area contributed by atoms with Crippen molar-refractivity contribution in [1.29, 1.82) is 0 Å². The van der Waals surface area contributed by atoms with Crippen LogP contribution in [0.2, 0.25) is 0 Å². The van der Waals surface area contributed by atoms with E-state index in [0.29, 0.717) is 12.0 Å². The number of allylic oxidation sites excluding steroid dienone is 1. The van der Waals surface area contributed by atoms with E-state index < -0.39 is 6.04 Å². The van der Waals surface area contributed by atoms with E-state index in [2.05, 4.69) is 17.4 Å². The molecule has 1 N–H and O–H groups in total. The van der Waals surface area contributed by atoms with Crippen molar-refractivity contribution in [2.24, 2.45) is 5.92 Å². The van der Waals surface area contributed by atoms with Gasteiger partial charge >= 0.3 is 0 Å². The van der Waals surface area contributed by atoms with Crippen molar-refractivity contribution in [1.82, 2.24) is 0 Å². The molecule has 0 bridgehead atoms. The third-order valence-corrected chi connectivity index (χ3v) is 6.61. The Labute approximate surface area is 194 Å². The zero-order valence-corrected chi connectivity index (χ0v) is 19.0. The highest BCUT2D eigenvalue weighted by molar-refractivity contribution is 6.06. The molecule has 5 rings (SSSR count). The summed E-state index contributed by atoms with van der Waals surface area (Å²) in [6, 6.07) is 27.6. The third kappa shape index (κ3) is 3.86. The molecule has 1 heterocycles. The molecular weight excluding hydrogens is 408 g/mol.